The monoisotopic (exact) mass is 209 g/mol. The summed E-state index contributed by atoms with van der Waals surface area (Å²) in [7, 11) is 0. The van der Waals surface area contributed by atoms with Gasteiger partial charge in [0.1, 0.15) is 0 Å². The van der Waals surface area contributed by atoms with E-state index in [1.807, 2.05) is 6.92 Å². The summed E-state index contributed by atoms with van der Waals surface area (Å²) in [6.45, 7) is 2.00. The fourth-order valence-corrected chi connectivity index (χ4v) is 2.02. The first kappa shape index (κ1) is 12.0. The molecule has 1 rings (SSSR count). The molecular formula is C11H19N3O. The predicted molar refractivity (Wildman–Crippen MR) is 57.8 cm³/mol. The van der Waals surface area contributed by atoms with Crippen LogP contribution in [0, 0.1) is 17.2 Å². The summed E-state index contributed by atoms with van der Waals surface area (Å²) in [6.07, 6.45) is 4.43. The first-order valence-corrected chi connectivity index (χ1v) is 5.64. The van der Waals surface area contributed by atoms with E-state index >= 15 is 0 Å². The second-order valence-electron chi connectivity index (χ2n) is 4.18. The molecule has 84 valence electrons. The molecule has 0 radical (unpaired) electrons. The van der Waals surface area contributed by atoms with Crippen molar-refractivity contribution < 1.29 is 4.79 Å². The SMILES string of the molecule is CCC[C@H](N)C(=O)NC1CCCC1C#N. The highest BCUT2D eigenvalue weighted by atomic mass is 16.2. The molecule has 1 aliphatic rings. The summed E-state index contributed by atoms with van der Waals surface area (Å²) in [6, 6.07) is 1.83. The van der Waals surface area contributed by atoms with Gasteiger partial charge in [0, 0.05) is 6.04 Å². The van der Waals surface area contributed by atoms with Gasteiger partial charge < -0.3 is 11.1 Å². The highest BCUT2D eigenvalue weighted by molar-refractivity contribution is 5.81. The summed E-state index contributed by atoms with van der Waals surface area (Å²) in [5.41, 5.74) is 5.70. The van der Waals surface area contributed by atoms with Gasteiger partial charge in [-0.15, -0.1) is 0 Å². The van der Waals surface area contributed by atoms with Crippen molar-refractivity contribution in [3.63, 3.8) is 0 Å². The van der Waals surface area contributed by atoms with Crippen LogP contribution in [0.15, 0.2) is 0 Å². The van der Waals surface area contributed by atoms with Crippen molar-refractivity contribution in [1.82, 2.24) is 5.32 Å². The van der Waals surface area contributed by atoms with Crippen LogP contribution in [0.25, 0.3) is 0 Å². The van der Waals surface area contributed by atoms with Gasteiger partial charge in [-0.25, -0.2) is 0 Å². The third-order valence-electron chi connectivity index (χ3n) is 2.95. The second kappa shape index (κ2) is 5.72. The number of hydrogen-bond acceptors (Lipinski definition) is 3. The third kappa shape index (κ3) is 3.21. The Hall–Kier alpha value is -1.08. The molecule has 0 heterocycles. The molecule has 3 N–H and O–H groups in total. The first-order chi connectivity index (χ1) is 7.19. The van der Waals surface area contributed by atoms with Crippen LogP contribution in [-0.2, 0) is 4.79 Å². The number of amides is 1. The van der Waals surface area contributed by atoms with Crippen molar-refractivity contribution >= 4 is 5.91 Å². The highest BCUT2D eigenvalue weighted by Gasteiger charge is 2.29. The Balaban J connectivity index is 2.41. The lowest BCUT2D eigenvalue weighted by molar-refractivity contribution is -0.123. The molecule has 0 aromatic heterocycles. The van der Waals surface area contributed by atoms with Gasteiger partial charge in [0.15, 0.2) is 0 Å². The van der Waals surface area contributed by atoms with Crippen LogP contribution < -0.4 is 11.1 Å². The van der Waals surface area contributed by atoms with Crippen LogP contribution >= 0.6 is 0 Å². The van der Waals surface area contributed by atoms with Gasteiger partial charge >= 0.3 is 0 Å². The molecule has 0 bridgehead atoms. The average Bonchev–Trinajstić information content (AvgIpc) is 2.65. The predicted octanol–water partition coefficient (Wildman–Crippen LogP) is 0.922. The van der Waals surface area contributed by atoms with Crippen molar-refractivity contribution in [3.05, 3.63) is 0 Å². The van der Waals surface area contributed by atoms with Crippen molar-refractivity contribution in [3.8, 4) is 6.07 Å². The van der Waals surface area contributed by atoms with Crippen LogP contribution in [0.4, 0.5) is 0 Å². The van der Waals surface area contributed by atoms with Crippen molar-refractivity contribution in [2.75, 3.05) is 0 Å². The molecule has 3 atom stereocenters. The number of nitrogens with zero attached hydrogens (tertiary/aromatic N) is 1. The van der Waals surface area contributed by atoms with E-state index in [9.17, 15) is 4.79 Å². The second-order valence-corrected chi connectivity index (χ2v) is 4.18. The summed E-state index contributed by atoms with van der Waals surface area (Å²) in [5.74, 6) is -0.133. The molecule has 2 unspecified atom stereocenters. The molecule has 1 aliphatic carbocycles. The molecule has 4 nitrogen and oxygen atoms in total. The molecule has 1 fully saturated rings. The van der Waals surface area contributed by atoms with Crippen LogP contribution in [0.2, 0.25) is 0 Å². The van der Waals surface area contributed by atoms with Crippen molar-refractivity contribution in [2.24, 2.45) is 11.7 Å². The Bertz CT molecular complexity index is 259. The van der Waals surface area contributed by atoms with Crippen LogP contribution in [0.3, 0.4) is 0 Å². The van der Waals surface area contributed by atoms with E-state index in [0.717, 1.165) is 25.7 Å². The Morgan fingerprint density at radius 2 is 2.40 bits per heavy atom. The van der Waals surface area contributed by atoms with E-state index in [2.05, 4.69) is 11.4 Å². The standard InChI is InChI=1S/C11H19N3O/c1-2-4-9(13)11(15)14-10-6-3-5-8(10)7-12/h8-10H,2-6,13H2,1H3,(H,14,15)/t8?,9-,10?/m0/s1. The summed E-state index contributed by atoms with van der Waals surface area (Å²) in [5, 5.41) is 11.7. The zero-order valence-electron chi connectivity index (χ0n) is 9.20. The minimum absolute atomic E-state index is 0.0189. The normalized spacial score (nSPS) is 27.0. The molecule has 0 aromatic rings. The maximum absolute atomic E-state index is 11.6. The lowest BCUT2D eigenvalue weighted by atomic mass is 10.0. The number of nitrogens with one attached hydrogen (secondary N) is 1. The molecule has 0 aliphatic heterocycles. The topological polar surface area (TPSA) is 78.9 Å². The van der Waals surface area contributed by atoms with E-state index in [0.29, 0.717) is 6.42 Å². The van der Waals surface area contributed by atoms with E-state index in [1.165, 1.54) is 0 Å². The molecule has 1 saturated carbocycles. The highest BCUT2D eigenvalue weighted by Crippen LogP contribution is 2.24. The Morgan fingerprint density at radius 1 is 1.67 bits per heavy atom. The fraction of sp³-hybridized carbons (Fsp3) is 0.818. The van der Waals surface area contributed by atoms with Crippen LogP contribution in [-0.4, -0.2) is 18.0 Å². The number of carbonyl (C=O) groups is 1. The largest absolute Gasteiger partial charge is 0.351 e. The molecule has 0 aromatic carbocycles. The smallest absolute Gasteiger partial charge is 0.237 e. The minimum atomic E-state index is -0.421. The van der Waals surface area contributed by atoms with Gasteiger partial charge in [0.05, 0.1) is 18.0 Å². The quantitative estimate of drug-likeness (QED) is 0.722. The molecule has 15 heavy (non-hydrogen) atoms. The minimum Gasteiger partial charge on any atom is -0.351 e. The molecule has 1 amide bonds. The number of nitriles is 1. The van der Waals surface area contributed by atoms with Gasteiger partial charge in [0.25, 0.3) is 0 Å². The third-order valence-corrected chi connectivity index (χ3v) is 2.95. The number of rotatable bonds is 4. The maximum atomic E-state index is 11.6. The number of nitrogens with two attached hydrogens (primary N) is 1. The van der Waals surface area contributed by atoms with Gasteiger partial charge in [-0.2, -0.15) is 5.26 Å². The average molecular weight is 209 g/mol. The lowest BCUT2D eigenvalue weighted by Gasteiger charge is -2.18. The zero-order valence-corrected chi connectivity index (χ0v) is 9.20. The Morgan fingerprint density at radius 3 is 3.00 bits per heavy atom. The van der Waals surface area contributed by atoms with Gasteiger partial charge in [-0.1, -0.05) is 13.3 Å². The molecule has 0 saturated heterocycles. The summed E-state index contributed by atoms with van der Waals surface area (Å²) in [4.78, 5) is 11.6. The van der Waals surface area contributed by atoms with Gasteiger partial charge in [0.2, 0.25) is 5.91 Å². The van der Waals surface area contributed by atoms with Gasteiger partial charge in [-0.05, 0) is 25.7 Å². The number of carbonyl (C=O) groups excluding carboxylic acids is 1. The van der Waals surface area contributed by atoms with Crippen LogP contribution in [0.5, 0.6) is 0 Å². The van der Waals surface area contributed by atoms with Crippen LogP contribution in [0.1, 0.15) is 39.0 Å². The molecule has 4 heteroatoms. The van der Waals surface area contributed by atoms with Crippen molar-refractivity contribution in [2.45, 2.75) is 51.1 Å². The summed E-state index contributed by atoms with van der Waals surface area (Å²) >= 11 is 0. The van der Waals surface area contributed by atoms with Gasteiger partial charge in [-0.3, -0.25) is 4.79 Å². The fourth-order valence-electron chi connectivity index (χ4n) is 2.02. The van der Waals surface area contributed by atoms with E-state index in [-0.39, 0.29) is 17.9 Å². The van der Waals surface area contributed by atoms with E-state index in [4.69, 9.17) is 11.0 Å². The zero-order chi connectivity index (χ0) is 11.3. The molecular weight excluding hydrogens is 190 g/mol. The Labute approximate surface area is 90.8 Å². The maximum Gasteiger partial charge on any atom is 0.237 e. The Kier molecular flexibility index (Phi) is 4.57. The number of hydrogen-bond donors (Lipinski definition) is 2. The molecule has 0 spiro atoms. The van der Waals surface area contributed by atoms with E-state index in [1.54, 1.807) is 0 Å². The lowest BCUT2D eigenvalue weighted by Crippen LogP contribution is -2.46. The first-order valence-electron chi connectivity index (χ1n) is 5.64. The van der Waals surface area contributed by atoms with E-state index < -0.39 is 6.04 Å². The van der Waals surface area contributed by atoms with Crippen molar-refractivity contribution in [1.29, 1.82) is 5.26 Å². The summed E-state index contributed by atoms with van der Waals surface area (Å²) < 4.78 is 0.